The lowest BCUT2D eigenvalue weighted by Gasteiger charge is -2.58. The summed E-state index contributed by atoms with van der Waals surface area (Å²) in [6.07, 6.45) is 19.4. The van der Waals surface area contributed by atoms with Crippen LogP contribution in [0.5, 0.6) is 0 Å². The number of aliphatic hydroxyl groups is 1. The Bertz CT molecular complexity index is 640. The highest BCUT2D eigenvalue weighted by molar-refractivity contribution is 5.25. The van der Waals surface area contributed by atoms with E-state index in [9.17, 15) is 0 Å². The molecule has 164 valence electrons. The van der Waals surface area contributed by atoms with Crippen LogP contribution >= 0.6 is 0 Å². The quantitative estimate of drug-likeness (QED) is 0.420. The second-order valence-electron chi connectivity index (χ2n) is 11.9. The van der Waals surface area contributed by atoms with Crippen molar-refractivity contribution in [1.82, 2.24) is 0 Å². The van der Waals surface area contributed by atoms with Crippen molar-refractivity contribution in [2.75, 3.05) is 6.61 Å². The molecule has 5 rings (SSSR count). The highest BCUT2D eigenvalue weighted by atomic mass is 16.5. The van der Waals surface area contributed by atoms with Crippen molar-refractivity contribution in [3.63, 3.8) is 0 Å². The zero-order valence-corrected chi connectivity index (χ0v) is 19.2. The molecule has 0 amide bonds. The van der Waals surface area contributed by atoms with E-state index in [2.05, 4.69) is 26.8 Å². The van der Waals surface area contributed by atoms with Crippen molar-refractivity contribution >= 4 is 0 Å². The number of rotatable bonds is 5. The molecule has 4 fully saturated rings. The molecule has 0 bridgehead atoms. The first kappa shape index (κ1) is 20.6. The maximum absolute atomic E-state index is 9.09. The molecule has 0 radical (unpaired) electrons. The minimum absolute atomic E-state index is 0.329. The Morgan fingerprint density at radius 3 is 2.72 bits per heavy atom. The number of ether oxygens (including phenoxy) is 1. The van der Waals surface area contributed by atoms with Crippen LogP contribution in [0.15, 0.2) is 11.6 Å². The Morgan fingerprint density at radius 2 is 1.93 bits per heavy atom. The summed E-state index contributed by atoms with van der Waals surface area (Å²) in [7, 11) is 0. The molecule has 2 nitrogen and oxygen atoms in total. The van der Waals surface area contributed by atoms with Crippen molar-refractivity contribution in [2.24, 2.45) is 40.4 Å². The lowest BCUT2D eigenvalue weighted by Crippen LogP contribution is -2.50. The first-order valence-corrected chi connectivity index (χ1v) is 13.0. The summed E-state index contributed by atoms with van der Waals surface area (Å²) in [4.78, 5) is 0. The number of allylic oxidation sites excluding steroid dienone is 2. The Balaban J connectivity index is 1.32. The zero-order valence-electron chi connectivity index (χ0n) is 19.2. The SMILES string of the molecule is CC[C@H]1CC[C@@]2(C)C(=CC[C@H]3C4CC5O[C@H](CCCCO)CC5[C@@]4(C)CCC32)C1. The molecular weight excluding hydrogens is 356 g/mol. The van der Waals surface area contributed by atoms with Gasteiger partial charge in [0.25, 0.3) is 0 Å². The van der Waals surface area contributed by atoms with Gasteiger partial charge in [-0.3, -0.25) is 0 Å². The van der Waals surface area contributed by atoms with Crippen LogP contribution < -0.4 is 0 Å². The predicted octanol–water partition coefficient (Wildman–Crippen LogP) is 6.52. The van der Waals surface area contributed by atoms with Gasteiger partial charge in [-0.1, -0.05) is 38.8 Å². The van der Waals surface area contributed by atoms with Crippen LogP contribution in [0.4, 0.5) is 0 Å². The van der Waals surface area contributed by atoms with Gasteiger partial charge in [-0.15, -0.1) is 0 Å². The maximum Gasteiger partial charge on any atom is 0.0616 e. The van der Waals surface area contributed by atoms with Crippen molar-refractivity contribution < 1.29 is 9.84 Å². The van der Waals surface area contributed by atoms with Gasteiger partial charge in [0.1, 0.15) is 0 Å². The molecule has 2 heteroatoms. The van der Waals surface area contributed by atoms with E-state index in [0.717, 1.165) is 48.9 Å². The van der Waals surface area contributed by atoms with Crippen LogP contribution in [0.2, 0.25) is 0 Å². The fraction of sp³-hybridized carbons (Fsp3) is 0.926. The Labute approximate surface area is 178 Å². The van der Waals surface area contributed by atoms with E-state index in [1.165, 1.54) is 57.8 Å². The second-order valence-corrected chi connectivity index (χ2v) is 11.9. The zero-order chi connectivity index (χ0) is 20.2. The third-order valence-corrected chi connectivity index (χ3v) is 10.8. The van der Waals surface area contributed by atoms with Crippen molar-refractivity contribution in [2.45, 2.75) is 110 Å². The van der Waals surface area contributed by atoms with E-state index in [-0.39, 0.29) is 0 Å². The molecular formula is C27H44O2. The average molecular weight is 401 g/mol. The summed E-state index contributed by atoms with van der Waals surface area (Å²) in [6.45, 7) is 8.01. The molecule has 1 heterocycles. The number of fused-ring (bicyclic) bond motifs is 7. The van der Waals surface area contributed by atoms with Crippen molar-refractivity contribution in [1.29, 1.82) is 0 Å². The van der Waals surface area contributed by atoms with Crippen molar-refractivity contribution in [3.05, 3.63) is 11.6 Å². The van der Waals surface area contributed by atoms with Crippen LogP contribution in [0.25, 0.3) is 0 Å². The maximum atomic E-state index is 9.09. The third-order valence-electron chi connectivity index (χ3n) is 10.8. The lowest BCUT2D eigenvalue weighted by atomic mass is 9.47. The normalized spacial score (nSPS) is 51.0. The van der Waals surface area contributed by atoms with Gasteiger partial charge < -0.3 is 9.84 Å². The molecule has 1 saturated heterocycles. The molecule has 4 aliphatic carbocycles. The molecule has 0 aromatic rings. The van der Waals surface area contributed by atoms with E-state index in [0.29, 0.717) is 29.6 Å². The lowest BCUT2D eigenvalue weighted by molar-refractivity contribution is -0.0464. The summed E-state index contributed by atoms with van der Waals surface area (Å²) in [5.41, 5.74) is 2.86. The average Bonchev–Trinajstić information content (AvgIpc) is 3.24. The van der Waals surface area contributed by atoms with Crippen LogP contribution in [-0.4, -0.2) is 23.9 Å². The summed E-state index contributed by atoms with van der Waals surface area (Å²) in [6, 6.07) is 0. The van der Waals surface area contributed by atoms with Gasteiger partial charge in [0.05, 0.1) is 12.2 Å². The molecule has 29 heavy (non-hydrogen) atoms. The third kappa shape index (κ3) is 3.18. The van der Waals surface area contributed by atoms with Crippen LogP contribution in [0.3, 0.4) is 0 Å². The minimum Gasteiger partial charge on any atom is -0.396 e. The monoisotopic (exact) mass is 400 g/mol. The number of hydrogen-bond acceptors (Lipinski definition) is 2. The predicted molar refractivity (Wildman–Crippen MR) is 119 cm³/mol. The fourth-order valence-electron chi connectivity index (χ4n) is 9.00. The largest absolute Gasteiger partial charge is 0.396 e. The molecule has 1 aliphatic heterocycles. The van der Waals surface area contributed by atoms with E-state index in [4.69, 9.17) is 9.84 Å². The molecule has 0 aromatic heterocycles. The minimum atomic E-state index is 0.329. The van der Waals surface area contributed by atoms with Gasteiger partial charge in [-0.05, 0) is 111 Å². The number of unbranched alkanes of at least 4 members (excludes halogenated alkanes) is 1. The smallest absolute Gasteiger partial charge is 0.0616 e. The summed E-state index contributed by atoms with van der Waals surface area (Å²) >= 11 is 0. The highest BCUT2D eigenvalue weighted by Crippen LogP contribution is 2.68. The molecule has 4 unspecified atom stereocenters. The number of aliphatic hydroxyl groups excluding tert-OH is 1. The molecule has 3 saturated carbocycles. The topological polar surface area (TPSA) is 29.5 Å². The Kier molecular flexibility index (Phi) is 5.43. The summed E-state index contributed by atoms with van der Waals surface area (Å²) < 4.78 is 6.63. The first-order valence-electron chi connectivity index (χ1n) is 13.0. The van der Waals surface area contributed by atoms with Gasteiger partial charge in [0.2, 0.25) is 0 Å². The Hall–Kier alpha value is -0.340. The first-order chi connectivity index (χ1) is 14.0. The highest BCUT2D eigenvalue weighted by Gasteiger charge is 2.63. The molecule has 1 N–H and O–H groups in total. The van der Waals surface area contributed by atoms with E-state index in [1.54, 1.807) is 0 Å². The fourth-order valence-corrected chi connectivity index (χ4v) is 9.00. The molecule has 0 spiro atoms. The Morgan fingerprint density at radius 1 is 1.07 bits per heavy atom. The van der Waals surface area contributed by atoms with Crippen LogP contribution in [0, 0.1) is 40.4 Å². The standard InChI is InChI=1S/C27H44O2/c1-4-18-10-12-26(2)19(15-18)8-9-21-22(26)11-13-27(3)23(21)17-25-24(27)16-20(29-25)7-5-6-14-28/h8,18,20-25,28H,4-7,9-17H2,1-3H3/t18-,20+,21+,22?,23?,24?,25?,26-,27-/m0/s1. The van der Waals surface area contributed by atoms with E-state index >= 15 is 0 Å². The van der Waals surface area contributed by atoms with Crippen molar-refractivity contribution in [3.8, 4) is 0 Å². The second kappa shape index (κ2) is 7.66. The van der Waals surface area contributed by atoms with E-state index in [1.807, 2.05) is 5.57 Å². The van der Waals surface area contributed by atoms with Gasteiger partial charge >= 0.3 is 0 Å². The summed E-state index contributed by atoms with van der Waals surface area (Å²) in [5.74, 6) is 4.46. The molecule has 5 aliphatic rings. The number of hydrogen-bond donors (Lipinski definition) is 1. The van der Waals surface area contributed by atoms with Gasteiger partial charge in [-0.2, -0.15) is 0 Å². The van der Waals surface area contributed by atoms with Crippen LogP contribution in [-0.2, 0) is 4.74 Å². The van der Waals surface area contributed by atoms with Crippen LogP contribution in [0.1, 0.15) is 97.8 Å². The summed E-state index contributed by atoms with van der Waals surface area (Å²) in [5, 5.41) is 9.09. The molecule has 9 atom stereocenters. The van der Waals surface area contributed by atoms with Gasteiger partial charge in [0.15, 0.2) is 0 Å². The van der Waals surface area contributed by atoms with E-state index < -0.39 is 0 Å². The van der Waals surface area contributed by atoms with Gasteiger partial charge in [0, 0.05) is 6.61 Å². The van der Waals surface area contributed by atoms with Gasteiger partial charge in [-0.25, -0.2) is 0 Å². The molecule has 0 aromatic carbocycles.